The van der Waals surface area contributed by atoms with Gasteiger partial charge in [-0.15, -0.1) is 0 Å². The molecular weight excluding hydrogens is 388 g/mol. The van der Waals surface area contributed by atoms with E-state index in [2.05, 4.69) is 65.9 Å². The van der Waals surface area contributed by atoms with E-state index < -0.39 is 5.97 Å². The lowest BCUT2D eigenvalue weighted by atomic mass is 10.0. The average Bonchev–Trinajstić information content (AvgIpc) is 2.78. The minimum atomic E-state index is -0.795. The largest absolute Gasteiger partial charge is 0.481 e. The molecule has 0 atom stereocenters. The lowest BCUT2D eigenvalue weighted by Gasteiger charge is -2.07. The lowest BCUT2D eigenvalue weighted by Crippen LogP contribution is -2.17. The van der Waals surface area contributed by atoms with Gasteiger partial charge in [0.2, 0.25) is 0 Å². The van der Waals surface area contributed by atoms with Gasteiger partial charge in [-0.05, 0) is 41.7 Å². The highest BCUT2D eigenvalue weighted by molar-refractivity contribution is 5.98. The van der Waals surface area contributed by atoms with E-state index in [1.807, 2.05) is 31.2 Å². The fourth-order valence-electron chi connectivity index (χ4n) is 3.09. The molecule has 0 radical (unpaired) electrons. The zero-order valence-electron chi connectivity index (χ0n) is 18.0. The van der Waals surface area contributed by atoms with Crippen LogP contribution in [0.4, 0.5) is 0 Å². The summed E-state index contributed by atoms with van der Waals surface area (Å²) in [6.07, 6.45) is 0.121. The monoisotopic (exact) mass is 416 g/mol. The molecule has 31 heavy (non-hydrogen) atoms. The predicted molar refractivity (Wildman–Crippen MR) is 124 cm³/mol. The van der Waals surface area contributed by atoms with Gasteiger partial charge in [-0.1, -0.05) is 83.5 Å². The van der Waals surface area contributed by atoms with E-state index in [4.69, 9.17) is 9.94 Å². The Hall–Kier alpha value is -3.44. The first-order valence-corrected chi connectivity index (χ1v) is 10.4. The summed E-state index contributed by atoms with van der Waals surface area (Å²) in [5, 5.41) is 16.0. The minimum absolute atomic E-state index is 0.121. The van der Waals surface area contributed by atoms with Crippen LogP contribution in [0, 0.1) is 6.92 Å². The number of rotatable bonds is 10. The summed E-state index contributed by atoms with van der Waals surface area (Å²) in [6, 6.07) is 24.8. The molecule has 0 fully saturated rings. The van der Waals surface area contributed by atoms with Crippen LogP contribution in [0.3, 0.4) is 0 Å². The number of hydrogen-bond donors (Lipinski definition) is 2. The number of oxime groups is 1. The van der Waals surface area contributed by atoms with E-state index in [-0.39, 0.29) is 6.42 Å². The lowest BCUT2D eigenvalue weighted by molar-refractivity contribution is -0.136. The molecule has 0 spiro atoms. The second-order valence-electron chi connectivity index (χ2n) is 7.53. The molecule has 0 heterocycles. The summed E-state index contributed by atoms with van der Waals surface area (Å²) in [4.78, 5) is 16.1. The highest BCUT2D eigenvalue weighted by Gasteiger charge is 2.02. The van der Waals surface area contributed by atoms with E-state index >= 15 is 0 Å². The standard InChI is InChI=1S/C26H28N2O3/c1-19-3-9-24(10-4-19)25-13-7-22(8-14-25)18-31-28-20(2)23-11-5-21(6-12-23)17-27-16-15-26(29)30/h3-14,27H,15-18H2,1-2H3,(H,29,30)/b28-20-. The summed E-state index contributed by atoms with van der Waals surface area (Å²) in [7, 11) is 0. The SMILES string of the molecule is C/C(=N/OCc1ccc(-c2ccc(C)cc2)cc1)c1ccc(CNCCC(=O)O)cc1. The van der Waals surface area contributed by atoms with Crippen molar-refractivity contribution in [1.29, 1.82) is 0 Å². The van der Waals surface area contributed by atoms with Crippen LogP contribution in [-0.4, -0.2) is 23.3 Å². The maximum atomic E-state index is 10.5. The molecule has 0 aromatic heterocycles. The van der Waals surface area contributed by atoms with E-state index in [0.717, 1.165) is 22.4 Å². The van der Waals surface area contributed by atoms with Crippen molar-refractivity contribution in [3.8, 4) is 11.1 Å². The summed E-state index contributed by atoms with van der Waals surface area (Å²) >= 11 is 0. The summed E-state index contributed by atoms with van der Waals surface area (Å²) in [6.45, 7) is 5.51. The van der Waals surface area contributed by atoms with E-state index in [1.54, 1.807) is 0 Å². The smallest absolute Gasteiger partial charge is 0.304 e. The Morgan fingerprint density at radius 1 is 0.903 bits per heavy atom. The number of carbonyl (C=O) groups is 1. The van der Waals surface area contributed by atoms with Gasteiger partial charge in [0.05, 0.1) is 12.1 Å². The fourth-order valence-corrected chi connectivity index (χ4v) is 3.09. The van der Waals surface area contributed by atoms with E-state index in [1.165, 1.54) is 16.7 Å². The molecule has 0 amide bonds. The fraction of sp³-hybridized carbons (Fsp3) is 0.231. The molecule has 0 aliphatic heterocycles. The van der Waals surface area contributed by atoms with Crippen molar-refractivity contribution < 1.29 is 14.7 Å². The molecule has 2 N–H and O–H groups in total. The van der Waals surface area contributed by atoms with Crippen molar-refractivity contribution in [2.24, 2.45) is 5.16 Å². The third-order valence-corrected chi connectivity index (χ3v) is 4.99. The quantitative estimate of drug-likeness (QED) is 0.272. The van der Waals surface area contributed by atoms with Crippen LogP contribution in [0.1, 0.15) is 35.6 Å². The van der Waals surface area contributed by atoms with Crippen LogP contribution in [0.5, 0.6) is 0 Å². The van der Waals surface area contributed by atoms with Crippen molar-refractivity contribution in [3.63, 3.8) is 0 Å². The zero-order valence-corrected chi connectivity index (χ0v) is 18.0. The maximum Gasteiger partial charge on any atom is 0.304 e. The van der Waals surface area contributed by atoms with Crippen molar-refractivity contribution in [2.45, 2.75) is 33.4 Å². The average molecular weight is 417 g/mol. The van der Waals surface area contributed by atoms with Crippen molar-refractivity contribution in [1.82, 2.24) is 5.32 Å². The number of benzene rings is 3. The van der Waals surface area contributed by atoms with E-state index in [0.29, 0.717) is 19.7 Å². The molecule has 0 bridgehead atoms. The van der Waals surface area contributed by atoms with Crippen LogP contribution >= 0.6 is 0 Å². The molecule has 5 heteroatoms. The van der Waals surface area contributed by atoms with Gasteiger partial charge in [-0.2, -0.15) is 0 Å². The molecule has 0 aliphatic carbocycles. The highest BCUT2D eigenvalue weighted by atomic mass is 16.6. The van der Waals surface area contributed by atoms with Gasteiger partial charge < -0.3 is 15.3 Å². The van der Waals surface area contributed by atoms with Gasteiger partial charge in [-0.3, -0.25) is 4.79 Å². The van der Waals surface area contributed by atoms with Crippen LogP contribution < -0.4 is 5.32 Å². The number of nitrogens with one attached hydrogen (secondary N) is 1. The van der Waals surface area contributed by atoms with Crippen LogP contribution in [0.15, 0.2) is 78.0 Å². The van der Waals surface area contributed by atoms with Crippen LogP contribution in [0.2, 0.25) is 0 Å². The first kappa shape index (κ1) is 22.2. The number of carboxylic acids is 1. The molecule has 3 rings (SSSR count). The molecule has 5 nitrogen and oxygen atoms in total. The molecule has 160 valence electrons. The molecule has 0 unspecified atom stereocenters. The summed E-state index contributed by atoms with van der Waals surface area (Å²) < 4.78 is 0. The Morgan fingerprint density at radius 2 is 1.48 bits per heavy atom. The summed E-state index contributed by atoms with van der Waals surface area (Å²) in [5.74, 6) is -0.795. The zero-order chi connectivity index (χ0) is 22.1. The molecular formula is C26H28N2O3. The normalized spacial score (nSPS) is 11.4. The van der Waals surface area contributed by atoms with Gasteiger partial charge >= 0.3 is 5.97 Å². The Bertz CT molecular complexity index is 1010. The number of hydrogen-bond acceptors (Lipinski definition) is 4. The van der Waals surface area contributed by atoms with E-state index in [9.17, 15) is 4.79 Å². The topological polar surface area (TPSA) is 70.9 Å². The van der Waals surface area contributed by atoms with Crippen molar-refractivity contribution in [2.75, 3.05) is 6.54 Å². The molecule has 0 saturated carbocycles. The molecule has 0 saturated heterocycles. The van der Waals surface area contributed by atoms with Gasteiger partial charge in [-0.25, -0.2) is 0 Å². The third kappa shape index (κ3) is 7.08. The number of carboxylic acid groups (broad SMARTS) is 1. The van der Waals surface area contributed by atoms with Gasteiger partial charge in [0.15, 0.2) is 0 Å². The number of aryl methyl sites for hydroxylation is 1. The predicted octanol–water partition coefficient (Wildman–Crippen LogP) is 5.17. The Balaban J connectivity index is 1.49. The van der Waals surface area contributed by atoms with Crippen LogP contribution in [-0.2, 0) is 22.8 Å². The highest BCUT2D eigenvalue weighted by Crippen LogP contribution is 2.20. The maximum absolute atomic E-state index is 10.5. The Labute approximate surface area is 183 Å². The number of nitrogens with zero attached hydrogens (tertiary/aromatic N) is 1. The second kappa shape index (κ2) is 11.1. The minimum Gasteiger partial charge on any atom is -0.481 e. The van der Waals surface area contributed by atoms with Crippen LogP contribution in [0.25, 0.3) is 11.1 Å². The van der Waals surface area contributed by atoms with Gasteiger partial charge in [0.25, 0.3) is 0 Å². The Morgan fingerprint density at radius 3 is 2.10 bits per heavy atom. The molecule has 3 aromatic rings. The third-order valence-electron chi connectivity index (χ3n) is 4.99. The first-order valence-electron chi connectivity index (χ1n) is 10.4. The number of aliphatic carboxylic acids is 1. The molecule has 0 aliphatic rings. The molecule has 3 aromatic carbocycles. The second-order valence-corrected chi connectivity index (χ2v) is 7.53. The van der Waals surface area contributed by atoms with Crippen molar-refractivity contribution >= 4 is 11.7 Å². The Kier molecular flexibility index (Phi) is 7.96. The summed E-state index contributed by atoms with van der Waals surface area (Å²) in [5.41, 5.74) is 7.59. The van der Waals surface area contributed by atoms with Gasteiger partial charge in [0, 0.05) is 13.1 Å². The first-order chi connectivity index (χ1) is 15.0. The van der Waals surface area contributed by atoms with Crippen molar-refractivity contribution in [3.05, 3.63) is 95.1 Å². The van der Waals surface area contributed by atoms with Gasteiger partial charge in [0.1, 0.15) is 6.61 Å².